The molecule has 1 aromatic heterocycles. The number of hydrogen-bond acceptors (Lipinski definition) is 3. The minimum atomic E-state index is -0.194. The number of carbonyl (C=O) groups excluding carboxylic acids is 1. The Morgan fingerprint density at radius 2 is 2.31 bits per heavy atom. The quantitative estimate of drug-likeness (QED) is 0.550. The molecule has 1 aromatic rings. The molecule has 0 bridgehead atoms. The van der Waals surface area contributed by atoms with Gasteiger partial charge in [0.15, 0.2) is 5.78 Å². The van der Waals surface area contributed by atoms with Crippen LogP contribution in [0.25, 0.3) is 5.76 Å². The number of hydrogen-bond donors (Lipinski definition) is 1. The lowest BCUT2D eigenvalue weighted by molar-refractivity contribution is -0.112. The van der Waals surface area contributed by atoms with Gasteiger partial charge in [-0.05, 0) is 19.9 Å². The van der Waals surface area contributed by atoms with Crippen molar-refractivity contribution in [3.63, 3.8) is 0 Å². The van der Waals surface area contributed by atoms with E-state index in [1.54, 1.807) is 17.8 Å². The molecule has 4 heteroatoms. The average molecular weight is 180 g/mol. The molecule has 0 saturated heterocycles. The number of aliphatic hydroxyl groups excluding tert-OH is 1. The number of allylic oxidation sites excluding steroid dienone is 1. The fraction of sp³-hybridized carbons (Fsp3) is 0.333. The maximum absolute atomic E-state index is 10.6. The summed E-state index contributed by atoms with van der Waals surface area (Å²) in [5.74, 6) is -0.281. The third-order valence-corrected chi connectivity index (χ3v) is 1.72. The number of carbonyl (C=O) groups is 1. The van der Waals surface area contributed by atoms with E-state index in [1.807, 2.05) is 6.92 Å². The van der Waals surface area contributed by atoms with E-state index in [9.17, 15) is 9.90 Å². The van der Waals surface area contributed by atoms with E-state index in [0.29, 0.717) is 5.69 Å². The summed E-state index contributed by atoms with van der Waals surface area (Å²) in [6, 6.07) is 1.72. The molecule has 0 amide bonds. The van der Waals surface area contributed by atoms with Gasteiger partial charge in [0.05, 0.1) is 0 Å². The van der Waals surface area contributed by atoms with Crippen LogP contribution in [-0.4, -0.2) is 20.7 Å². The van der Waals surface area contributed by atoms with Gasteiger partial charge in [0.1, 0.15) is 11.5 Å². The van der Waals surface area contributed by atoms with Gasteiger partial charge in [-0.1, -0.05) is 0 Å². The minimum absolute atomic E-state index is 0.0869. The summed E-state index contributed by atoms with van der Waals surface area (Å²) in [4.78, 5) is 10.6. The second kappa shape index (κ2) is 3.43. The van der Waals surface area contributed by atoms with Gasteiger partial charge < -0.3 is 5.11 Å². The van der Waals surface area contributed by atoms with E-state index in [-0.39, 0.29) is 11.5 Å². The molecule has 0 aliphatic carbocycles. The lowest BCUT2D eigenvalue weighted by Crippen LogP contribution is -1.94. The molecule has 1 N–H and O–H groups in total. The smallest absolute Gasteiger partial charge is 0.156 e. The number of aromatic nitrogens is 2. The van der Waals surface area contributed by atoms with E-state index in [2.05, 4.69) is 5.10 Å². The van der Waals surface area contributed by atoms with Crippen LogP contribution in [0, 0.1) is 6.92 Å². The first-order valence-corrected chi connectivity index (χ1v) is 3.93. The Balaban J connectivity index is 3.02. The van der Waals surface area contributed by atoms with E-state index >= 15 is 0 Å². The lowest BCUT2D eigenvalue weighted by atomic mass is 10.3. The SMILES string of the molecule is CC(=O)/C=C(\O)c1cc(C)n(C)n1. The molecule has 0 atom stereocenters. The normalized spacial score (nSPS) is 11.8. The first kappa shape index (κ1) is 9.51. The van der Waals surface area contributed by atoms with Crippen LogP contribution < -0.4 is 0 Å². The van der Waals surface area contributed by atoms with Crippen LogP contribution in [0.4, 0.5) is 0 Å². The maximum atomic E-state index is 10.6. The Morgan fingerprint density at radius 1 is 1.69 bits per heavy atom. The fourth-order valence-electron chi connectivity index (χ4n) is 0.952. The molecule has 0 aromatic carbocycles. The Morgan fingerprint density at radius 3 is 2.69 bits per heavy atom. The van der Waals surface area contributed by atoms with Crippen molar-refractivity contribution in [2.24, 2.45) is 7.05 Å². The summed E-state index contributed by atoms with van der Waals surface area (Å²) in [5.41, 5.74) is 1.36. The molecule has 70 valence electrons. The predicted octanol–water partition coefficient (Wildman–Crippen LogP) is 1.22. The largest absolute Gasteiger partial charge is 0.505 e. The van der Waals surface area contributed by atoms with Gasteiger partial charge >= 0.3 is 0 Å². The van der Waals surface area contributed by atoms with Gasteiger partial charge in [-0.25, -0.2) is 0 Å². The summed E-state index contributed by atoms with van der Waals surface area (Å²) in [5, 5.41) is 13.4. The zero-order chi connectivity index (χ0) is 10.0. The molecular weight excluding hydrogens is 168 g/mol. The van der Waals surface area contributed by atoms with Crippen LogP contribution in [0.2, 0.25) is 0 Å². The van der Waals surface area contributed by atoms with Crippen molar-refractivity contribution in [1.82, 2.24) is 9.78 Å². The molecule has 0 radical (unpaired) electrons. The topological polar surface area (TPSA) is 55.1 Å². The highest BCUT2D eigenvalue weighted by atomic mass is 16.3. The van der Waals surface area contributed by atoms with Crippen molar-refractivity contribution in [2.75, 3.05) is 0 Å². The average Bonchev–Trinajstić information content (AvgIpc) is 2.31. The van der Waals surface area contributed by atoms with Crippen molar-refractivity contribution in [3.8, 4) is 0 Å². The van der Waals surface area contributed by atoms with Gasteiger partial charge in [0.2, 0.25) is 0 Å². The van der Waals surface area contributed by atoms with Crippen molar-refractivity contribution in [2.45, 2.75) is 13.8 Å². The Bertz CT molecular complexity index is 344. The third kappa shape index (κ3) is 2.18. The van der Waals surface area contributed by atoms with Gasteiger partial charge in [0, 0.05) is 18.8 Å². The molecule has 0 spiro atoms. The summed E-state index contributed by atoms with van der Waals surface area (Å²) >= 11 is 0. The molecular formula is C9H12N2O2. The highest BCUT2D eigenvalue weighted by molar-refractivity contribution is 5.93. The standard InChI is InChI=1S/C9H12N2O2/c1-6-4-8(10-11(6)3)9(13)5-7(2)12/h4-5,13H,1-3H3/b9-5-. The van der Waals surface area contributed by atoms with E-state index in [4.69, 9.17) is 0 Å². The van der Waals surface area contributed by atoms with Crippen molar-refractivity contribution in [3.05, 3.63) is 23.5 Å². The zero-order valence-corrected chi connectivity index (χ0v) is 7.90. The van der Waals surface area contributed by atoms with Gasteiger partial charge in [0.25, 0.3) is 0 Å². The number of aliphatic hydroxyl groups is 1. The maximum Gasteiger partial charge on any atom is 0.156 e. The number of nitrogens with zero attached hydrogens (tertiary/aromatic N) is 2. The minimum Gasteiger partial charge on any atom is -0.505 e. The van der Waals surface area contributed by atoms with E-state index in [0.717, 1.165) is 11.8 Å². The monoisotopic (exact) mass is 180 g/mol. The summed E-state index contributed by atoms with van der Waals surface area (Å²) in [6.07, 6.45) is 1.15. The van der Waals surface area contributed by atoms with Crippen molar-refractivity contribution < 1.29 is 9.90 Å². The fourth-order valence-corrected chi connectivity index (χ4v) is 0.952. The lowest BCUT2D eigenvalue weighted by Gasteiger charge is -1.92. The van der Waals surface area contributed by atoms with Crippen LogP contribution in [0.5, 0.6) is 0 Å². The zero-order valence-electron chi connectivity index (χ0n) is 7.90. The molecule has 13 heavy (non-hydrogen) atoms. The first-order chi connectivity index (χ1) is 6.00. The van der Waals surface area contributed by atoms with Crippen LogP contribution >= 0.6 is 0 Å². The first-order valence-electron chi connectivity index (χ1n) is 3.93. The molecule has 4 nitrogen and oxygen atoms in total. The van der Waals surface area contributed by atoms with Crippen LogP contribution in [-0.2, 0) is 11.8 Å². The Hall–Kier alpha value is -1.58. The highest BCUT2D eigenvalue weighted by Crippen LogP contribution is 2.10. The molecule has 1 rings (SSSR count). The van der Waals surface area contributed by atoms with Crippen LogP contribution in [0.1, 0.15) is 18.3 Å². The molecule has 0 aliphatic heterocycles. The summed E-state index contributed by atoms with van der Waals surface area (Å²) in [6.45, 7) is 3.25. The summed E-state index contributed by atoms with van der Waals surface area (Å²) < 4.78 is 1.64. The van der Waals surface area contributed by atoms with Crippen LogP contribution in [0.3, 0.4) is 0 Å². The van der Waals surface area contributed by atoms with Gasteiger partial charge in [-0.3, -0.25) is 9.48 Å². The Labute approximate surface area is 76.5 Å². The van der Waals surface area contributed by atoms with Crippen LogP contribution in [0.15, 0.2) is 12.1 Å². The molecule has 0 unspecified atom stereocenters. The number of ketones is 1. The second-order valence-corrected chi connectivity index (χ2v) is 2.93. The molecule has 1 heterocycles. The van der Waals surface area contributed by atoms with E-state index < -0.39 is 0 Å². The van der Waals surface area contributed by atoms with Crippen molar-refractivity contribution >= 4 is 11.5 Å². The van der Waals surface area contributed by atoms with Gasteiger partial charge in [-0.15, -0.1) is 0 Å². The van der Waals surface area contributed by atoms with E-state index in [1.165, 1.54) is 6.92 Å². The Kier molecular flexibility index (Phi) is 2.51. The third-order valence-electron chi connectivity index (χ3n) is 1.72. The van der Waals surface area contributed by atoms with Gasteiger partial charge in [-0.2, -0.15) is 5.10 Å². The summed E-state index contributed by atoms with van der Waals surface area (Å²) in [7, 11) is 1.78. The van der Waals surface area contributed by atoms with Crippen molar-refractivity contribution in [1.29, 1.82) is 0 Å². The second-order valence-electron chi connectivity index (χ2n) is 2.93. The highest BCUT2D eigenvalue weighted by Gasteiger charge is 2.05. The predicted molar refractivity (Wildman–Crippen MR) is 49.2 cm³/mol. The molecule has 0 saturated carbocycles. The number of aryl methyl sites for hydroxylation is 2. The molecule has 0 fully saturated rings. The molecule has 0 aliphatic rings. The number of rotatable bonds is 2.